The molecule has 3 heterocycles. The zero-order chi connectivity index (χ0) is 26.6. The molecule has 0 bridgehead atoms. The number of aromatic amines is 1. The summed E-state index contributed by atoms with van der Waals surface area (Å²) < 4.78 is 35.5. The molecule has 196 valence electrons. The Morgan fingerprint density at radius 1 is 1.05 bits per heavy atom. The van der Waals surface area contributed by atoms with Crippen molar-refractivity contribution in [3.8, 4) is 17.1 Å². The van der Waals surface area contributed by atoms with Crippen LogP contribution in [-0.4, -0.2) is 57.2 Å². The molecule has 4 aromatic rings. The van der Waals surface area contributed by atoms with Gasteiger partial charge in [-0.25, -0.2) is 13.4 Å². The first kappa shape index (κ1) is 26.5. The Hall–Kier alpha value is -3.57. The number of nitrogens with one attached hydrogen (secondary N) is 1. The smallest absolute Gasteiger partial charge is 0.279 e. The van der Waals surface area contributed by atoms with Crippen molar-refractivity contribution >= 4 is 21.1 Å². The van der Waals surface area contributed by atoms with Crippen molar-refractivity contribution in [1.82, 2.24) is 29.0 Å². The van der Waals surface area contributed by atoms with Crippen LogP contribution in [0.25, 0.3) is 22.4 Å². The van der Waals surface area contributed by atoms with Crippen LogP contribution in [0, 0.1) is 0 Å². The van der Waals surface area contributed by atoms with E-state index in [0.717, 1.165) is 17.8 Å². The molecule has 0 saturated carbocycles. The van der Waals surface area contributed by atoms with Crippen molar-refractivity contribution in [3.05, 3.63) is 64.3 Å². The van der Waals surface area contributed by atoms with E-state index < -0.39 is 15.6 Å². The molecule has 0 amide bonds. The predicted octanol–water partition coefficient (Wildman–Crippen LogP) is 3.61. The van der Waals surface area contributed by atoms with Gasteiger partial charge in [-0.05, 0) is 43.2 Å². The Bertz CT molecular complexity index is 1540. The molecule has 10 nitrogen and oxygen atoms in total. The third kappa shape index (κ3) is 5.28. The molecule has 37 heavy (non-hydrogen) atoms. The number of nitrogens with zero attached hydrogens (tertiary/aromatic N) is 5. The first-order valence-electron chi connectivity index (χ1n) is 12.5. The SMILES string of the molecule is CCCOc1ccc(S(=O)(=O)N(CC)CC)cc1-c1nc2c(CC)n(Cc3ccccn3)nc2c(=O)[nH]1. The van der Waals surface area contributed by atoms with Crippen molar-refractivity contribution in [3.63, 3.8) is 0 Å². The highest BCUT2D eigenvalue weighted by Gasteiger charge is 2.25. The molecule has 1 N–H and O–H groups in total. The van der Waals surface area contributed by atoms with Crippen LogP contribution in [0.4, 0.5) is 0 Å². The average molecular weight is 525 g/mol. The minimum atomic E-state index is -3.73. The van der Waals surface area contributed by atoms with Gasteiger partial charge >= 0.3 is 0 Å². The number of hydrogen-bond acceptors (Lipinski definition) is 7. The largest absolute Gasteiger partial charge is 0.493 e. The van der Waals surface area contributed by atoms with E-state index in [0.29, 0.717) is 49.5 Å². The van der Waals surface area contributed by atoms with E-state index in [4.69, 9.17) is 9.72 Å². The fraction of sp³-hybridized carbons (Fsp3) is 0.385. The van der Waals surface area contributed by atoms with E-state index in [2.05, 4.69) is 15.1 Å². The summed E-state index contributed by atoms with van der Waals surface area (Å²) in [5.74, 6) is 0.675. The minimum Gasteiger partial charge on any atom is -0.493 e. The summed E-state index contributed by atoms with van der Waals surface area (Å²) in [5.41, 5.74) is 2.28. The number of aryl methyl sites for hydroxylation is 1. The lowest BCUT2D eigenvalue weighted by molar-refractivity contribution is 0.318. The van der Waals surface area contributed by atoms with Gasteiger partial charge in [-0.15, -0.1) is 0 Å². The van der Waals surface area contributed by atoms with E-state index in [1.54, 1.807) is 30.8 Å². The molecular formula is C26H32N6O4S. The van der Waals surface area contributed by atoms with Crippen LogP contribution in [0.15, 0.2) is 52.3 Å². The molecule has 0 atom stereocenters. The van der Waals surface area contributed by atoms with Gasteiger partial charge in [-0.1, -0.05) is 33.8 Å². The van der Waals surface area contributed by atoms with Gasteiger partial charge in [0.05, 0.1) is 35.0 Å². The summed E-state index contributed by atoms with van der Waals surface area (Å²) in [5, 5.41) is 4.52. The lowest BCUT2D eigenvalue weighted by Gasteiger charge is -2.19. The maximum atomic E-state index is 13.2. The molecule has 4 rings (SSSR count). The number of pyridine rings is 1. The minimum absolute atomic E-state index is 0.111. The first-order chi connectivity index (χ1) is 17.8. The van der Waals surface area contributed by atoms with Gasteiger partial charge in [0.25, 0.3) is 5.56 Å². The highest BCUT2D eigenvalue weighted by atomic mass is 32.2. The van der Waals surface area contributed by atoms with Gasteiger partial charge in [0.1, 0.15) is 17.1 Å². The normalized spacial score (nSPS) is 11.9. The van der Waals surface area contributed by atoms with Gasteiger partial charge in [-0.3, -0.25) is 14.5 Å². The van der Waals surface area contributed by atoms with E-state index in [9.17, 15) is 13.2 Å². The molecule has 0 radical (unpaired) electrons. The summed E-state index contributed by atoms with van der Waals surface area (Å²) in [6.07, 6.45) is 3.07. The van der Waals surface area contributed by atoms with Crippen LogP contribution in [0.1, 0.15) is 45.5 Å². The van der Waals surface area contributed by atoms with Crippen LogP contribution in [-0.2, 0) is 23.0 Å². The van der Waals surface area contributed by atoms with Gasteiger partial charge in [0.15, 0.2) is 5.52 Å². The summed E-state index contributed by atoms with van der Waals surface area (Å²) >= 11 is 0. The number of rotatable bonds is 11. The fourth-order valence-corrected chi connectivity index (χ4v) is 5.71. The zero-order valence-electron chi connectivity index (χ0n) is 21.6. The quantitative estimate of drug-likeness (QED) is 0.318. The molecule has 0 spiro atoms. The molecule has 0 aliphatic rings. The number of H-pyrrole nitrogens is 1. The van der Waals surface area contributed by atoms with Crippen LogP contribution in [0.5, 0.6) is 5.75 Å². The van der Waals surface area contributed by atoms with Crippen LogP contribution in [0.2, 0.25) is 0 Å². The van der Waals surface area contributed by atoms with Crippen molar-refractivity contribution in [1.29, 1.82) is 0 Å². The number of sulfonamides is 1. The van der Waals surface area contributed by atoms with Crippen LogP contribution >= 0.6 is 0 Å². The molecule has 0 aliphatic carbocycles. The Kier molecular flexibility index (Phi) is 8.03. The Balaban J connectivity index is 1.89. The van der Waals surface area contributed by atoms with Gasteiger partial charge < -0.3 is 9.72 Å². The van der Waals surface area contributed by atoms with Crippen LogP contribution < -0.4 is 10.3 Å². The molecule has 0 unspecified atom stereocenters. The van der Waals surface area contributed by atoms with Crippen molar-refractivity contribution in [2.45, 2.75) is 52.0 Å². The summed E-state index contributed by atoms with van der Waals surface area (Å²) in [6, 6.07) is 10.3. The number of fused-ring (bicyclic) bond motifs is 1. The third-order valence-corrected chi connectivity index (χ3v) is 8.13. The number of benzene rings is 1. The van der Waals surface area contributed by atoms with E-state index in [-0.39, 0.29) is 16.2 Å². The molecule has 3 aromatic heterocycles. The van der Waals surface area contributed by atoms with Gasteiger partial charge in [0, 0.05) is 19.3 Å². The molecule has 11 heteroatoms. The lowest BCUT2D eigenvalue weighted by Crippen LogP contribution is -2.30. The Labute approximate surface area is 216 Å². The van der Waals surface area contributed by atoms with Crippen molar-refractivity contribution < 1.29 is 13.2 Å². The van der Waals surface area contributed by atoms with E-state index >= 15 is 0 Å². The topological polar surface area (TPSA) is 123 Å². The number of ether oxygens (including phenoxy) is 1. The average Bonchev–Trinajstić information content (AvgIpc) is 3.25. The second kappa shape index (κ2) is 11.2. The summed E-state index contributed by atoms with van der Waals surface area (Å²) in [4.78, 5) is 25.2. The molecule has 0 aliphatic heterocycles. The standard InChI is InChI=1S/C26H32N6O4S/c1-5-15-36-22-13-12-19(37(34,35)31(7-3)8-4)16-20(22)25-28-23-21(6-2)32(30-24(23)26(33)29-25)17-18-11-9-10-14-27-18/h9-14,16H,5-8,15,17H2,1-4H3,(H,28,29,33). The zero-order valence-corrected chi connectivity index (χ0v) is 22.4. The van der Waals surface area contributed by atoms with E-state index in [1.807, 2.05) is 32.0 Å². The molecule has 0 fully saturated rings. The van der Waals surface area contributed by atoms with Crippen LogP contribution in [0.3, 0.4) is 0 Å². The summed E-state index contributed by atoms with van der Waals surface area (Å²) in [6.45, 7) is 9.07. The maximum Gasteiger partial charge on any atom is 0.279 e. The highest BCUT2D eigenvalue weighted by Crippen LogP contribution is 2.32. The summed E-state index contributed by atoms with van der Waals surface area (Å²) in [7, 11) is -3.73. The number of aromatic nitrogens is 5. The monoisotopic (exact) mass is 524 g/mol. The van der Waals surface area contributed by atoms with E-state index in [1.165, 1.54) is 16.4 Å². The van der Waals surface area contributed by atoms with Gasteiger partial charge in [0.2, 0.25) is 10.0 Å². The highest BCUT2D eigenvalue weighted by molar-refractivity contribution is 7.89. The molecule has 1 aromatic carbocycles. The fourth-order valence-electron chi connectivity index (χ4n) is 4.22. The second-order valence-electron chi connectivity index (χ2n) is 8.49. The third-order valence-electron chi connectivity index (χ3n) is 6.08. The van der Waals surface area contributed by atoms with Crippen molar-refractivity contribution in [2.24, 2.45) is 0 Å². The molecular weight excluding hydrogens is 492 g/mol. The van der Waals surface area contributed by atoms with Gasteiger partial charge in [-0.2, -0.15) is 9.40 Å². The first-order valence-corrected chi connectivity index (χ1v) is 13.9. The Morgan fingerprint density at radius 3 is 2.49 bits per heavy atom. The molecule has 0 saturated heterocycles. The second-order valence-corrected chi connectivity index (χ2v) is 10.4. The maximum absolute atomic E-state index is 13.2. The number of hydrogen-bond donors (Lipinski definition) is 1. The Morgan fingerprint density at radius 2 is 1.84 bits per heavy atom. The predicted molar refractivity (Wildman–Crippen MR) is 142 cm³/mol. The lowest BCUT2D eigenvalue weighted by atomic mass is 10.1. The van der Waals surface area contributed by atoms with Crippen molar-refractivity contribution in [2.75, 3.05) is 19.7 Å².